The van der Waals surface area contributed by atoms with Gasteiger partial charge in [0.25, 0.3) is 0 Å². The summed E-state index contributed by atoms with van der Waals surface area (Å²) < 4.78 is 4.56. The van der Waals surface area contributed by atoms with Crippen molar-refractivity contribution in [3.8, 4) is 0 Å². The molecule has 0 unspecified atom stereocenters. The van der Waals surface area contributed by atoms with E-state index in [-0.39, 0.29) is 0 Å². The average Bonchev–Trinajstić information content (AvgIpc) is 1.63. The van der Waals surface area contributed by atoms with Crippen molar-refractivity contribution in [3.63, 3.8) is 0 Å². The van der Waals surface area contributed by atoms with Gasteiger partial charge in [-0.1, -0.05) is 0 Å². The Bertz CT molecular complexity index is 91.1. The van der Waals surface area contributed by atoms with Crippen LogP contribution in [0.15, 0.2) is 0 Å². The van der Waals surface area contributed by atoms with E-state index in [1.54, 1.807) is 0 Å². The first-order valence-electron chi connectivity index (χ1n) is 2.76. The van der Waals surface area contributed by atoms with Crippen molar-refractivity contribution in [2.24, 2.45) is 0 Å². The Hall–Kier alpha value is -0.570. The molecule has 0 fully saturated rings. The molecule has 0 bridgehead atoms. The molecule has 0 aliphatic heterocycles. The first-order valence-corrected chi connectivity index (χ1v) is 2.76. The van der Waals surface area contributed by atoms with E-state index in [2.05, 4.69) is 11.7 Å². The Balaban J connectivity index is 3.01. The van der Waals surface area contributed by atoms with E-state index in [0.29, 0.717) is 6.61 Å². The molecule has 0 saturated carbocycles. The van der Waals surface area contributed by atoms with Crippen LogP contribution < -0.4 is 0 Å². The highest BCUT2D eigenvalue weighted by molar-refractivity contribution is 5.73. The van der Waals surface area contributed by atoms with Gasteiger partial charge >= 0.3 is 5.97 Å². The Morgan fingerprint density at radius 2 is 2.22 bits per heavy atom. The summed E-state index contributed by atoms with van der Waals surface area (Å²) in [5.74, 6) is -0.461. The SMILES string of the molecule is [CH2]C(=O)OCCN(C)C. The molecule has 0 saturated heterocycles. The van der Waals surface area contributed by atoms with Gasteiger partial charge in [0.1, 0.15) is 6.61 Å². The normalized spacial score (nSPS) is 9.78. The number of carbonyl (C=O) groups is 1. The first kappa shape index (κ1) is 8.43. The van der Waals surface area contributed by atoms with Gasteiger partial charge in [-0.2, -0.15) is 0 Å². The Morgan fingerprint density at radius 3 is 2.56 bits per heavy atom. The number of nitrogens with zero attached hydrogens (tertiary/aromatic N) is 1. The molecule has 3 nitrogen and oxygen atoms in total. The van der Waals surface area contributed by atoms with Crippen LogP contribution >= 0.6 is 0 Å². The Morgan fingerprint density at radius 1 is 1.67 bits per heavy atom. The first-order chi connectivity index (χ1) is 4.13. The molecule has 0 N–H and O–H groups in total. The summed E-state index contributed by atoms with van der Waals surface area (Å²) in [5.41, 5.74) is 0. The van der Waals surface area contributed by atoms with Crippen molar-refractivity contribution in [2.75, 3.05) is 27.2 Å². The standard InChI is InChI=1S/C6H12NO2/c1-6(8)9-5-4-7(2)3/h1,4-5H2,2-3H3. The molecule has 0 aromatic heterocycles. The van der Waals surface area contributed by atoms with Gasteiger partial charge in [0.2, 0.25) is 0 Å². The molecule has 1 radical (unpaired) electrons. The fourth-order valence-corrected chi connectivity index (χ4v) is 0.342. The van der Waals surface area contributed by atoms with Crippen molar-refractivity contribution >= 4 is 5.97 Å². The second-order valence-electron chi connectivity index (χ2n) is 2.02. The summed E-state index contributed by atoms with van der Waals surface area (Å²) in [6, 6.07) is 0. The third-order valence-electron chi connectivity index (χ3n) is 0.802. The van der Waals surface area contributed by atoms with Crippen LogP contribution in [0.25, 0.3) is 0 Å². The van der Waals surface area contributed by atoms with Gasteiger partial charge in [0.15, 0.2) is 0 Å². The predicted molar refractivity (Wildman–Crippen MR) is 34.9 cm³/mol. The summed E-state index contributed by atoms with van der Waals surface area (Å²) in [6.45, 7) is 4.23. The maximum Gasteiger partial charge on any atom is 0.306 e. The zero-order chi connectivity index (χ0) is 7.28. The number of ether oxygens (including phenoxy) is 1. The van der Waals surface area contributed by atoms with Crippen LogP contribution in [0.5, 0.6) is 0 Å². The molecule has 0 aromatic rings. The number of rotatable bonds is 3. The number of likely N-dealkylation sites (N-methyl/N-ethyl adjacent to an activating group) is 1. The van der Waals surface area contributed by atoms with Crippen LogP contribution in [0.3, 0.4) is 0 Å². The predicted octanol–water partition coefficient (Wildman–Crippen LogP) is -0.0747. The van der Waals surface area contributed by atoms with E-state index in [9.17, 15) is 4.79 Å². The van der Waals surface area contributed by atoms with Crippen LogP contribution in [-0.4, -0.2) is 38.1 Å². The molecule has 0 amide bonds. The van der Waals surface area contributed by atoms with Gasteiger partial charge < -0.3 is 9.64 Å². The van der Waals surface area contributed by atoms with Crippen molar-refractivity contribution in [1.82, 2.24) is 4.90 Å². The lowest BCUT2D eigenvalue weighted by Crippen LogP contribution is -2.19. The molecular weight excluding hydrogens is 118 g/mol. The highest BCUT2D eigenvalue weighted by Crippen LogP contribution is 1.77. The fraction of sp³-hybridized carbons (Fsp3) is 0.667. The molecule has 0 spiro atoms. The molecule has 0 aromatic carbocycles. The Kier molecular flexibility index (Phi) is 4.05. The summed E-state index contributed by atoms with van der Waals surface area (Å²) in [4.78, 5) is 12.0. The van der Waals surface area contributed by atoms with E-state index in [4.69, 9.17) is 0 Å². The third-order valence-corrected chi connectivity index (χ3v) is 0.802. The number of esters is 1. The Labute approximate surface area is 55.6 Å². The van der Waals surface area contributed by atoms with Gasteiger partial charge in [-0.15, -0.1) is 0 Å². The molecular formula is C6H12NO2. The zero-order valence-corrected chi connectivity index (χ0v) is 5.89. The largest absolute Gasteiger partial charge is 0.464 e. The van der Waals surface area contributed by atoms with E-state index in [0.717, 1.165) is 6.54 Å². The van der Waals surface area contributed by atoms with Crippen molar-refractivity contribution in [2.45, 2.75) is 0 Å². The second-order valence-corrected chi connectivity index (χ2v) is 2.02. The van der Waals surface area contributed by atoms with Gasteiger partial charge in [-0.25, -0.2) is 0 Å². The van der Waals surface area contributed by atoms with Crippen LogP contribution in [0, 0.1) is 6.92 Å². The minimum absolute atomic E-state index is 0.426. The summed E-state index contributed by atoms with van der Waals surface area (Å²) in [7, 11) is 3.83. The molecule has 0 rings (SSSR count). The highest BCUT2D eigenvalue weighted by atomic mass is 16.5. The molecule has 53 valence electrons. The third kappa shape index (κ3) is 7.43. The lowest BCUT2D eigenvalue weighted by molar-refractivity contribution is -0.138. The summed E-state index contributed by atoms with van der Waals surface area (Å²) in [6.07, 6.45) is 0. The number of hydrogen-bond acceptors (Lipinski definition) is 3. The summed E-state index contributed by atoms with van der Waals surface area (Å²) in [5, 5.41) is 0. The summed E-state index contributed by atoms with van der Waals surface area (Å²) >= 11 is 0. The smallest absolute Gasteiger partial charge is 0.306 e. The van der Waals surface area contributed by atoms with Crippen LogP contribution in [-0.2, 0) is 9.53 Å². The number of hydrogen-bond donors (Lipinski definition) is 0. The average molecular weight is 130 g/mol. The zero-order valence-electron chi connectivity index (χ0n) is 5.89. The quantitative estimate of drug-likeness (QED) is 0.501. The monoisotopic (exact) mass is 130 g/mol. The molecule has 0 heterocycles. The maximum absolute atomic E-state index is 10.1. The van der Waals surface area contributed by atoms with Crippen LogP contribution in [0.2, 0.25) is 0 Å². The van der Waals surface area contributed by atoms with E-state index < -0.39 is 5.97 Å². The van der Waals surface area contributed by atoms with Crippen LogP contribution in [0.4, 0.5) is 0 Å². The van der Waals surface area contributed by atoms with Gasteiger partial charge in [0.05, 0.1) is 6.92 Å². The van der Waals surface area contributed by atoms with Crippen LogP contribution in [0.1, 0.15) is 0 Å². The second kappa shape index (κ2) is 4.32. The van der Waals surface area contributed by atoms with Crippen molar-refractivity contribution < 1.29 is 9.53 Å². The lowest BCUT2D eigenvalue weighted by Gasteiger charge is -2.07. The minimum atomic E-state index is -0.461. The van der Waals surface area contributed by atoms with E-state index in [1.165, 1.54) is 0 Å². The molecule has 9 heavy (non-hydrogen) atoms. The topological polar surface area (TPSA) is 29.5 Å². The minimum Gasteiger partial charge on any atom is -0.464 e. The lowest BCUT2D eigenvalue weighted by atomic mass is 10.6. The van der Waals surface area contributed by atoms with Gasteiger partial charge in [-0.05, 0) is 14.1 Å². The maximum atomic E-state index is 10.1. The van der Waals surface area contributed by atoms with Gasteiger partial charge in [0, 0.05) is 6.54 Å². The van der Waals surface area contributed by atoms with E-state index >= 15 is 0 Å². The van der Waals surface area contributed by atoms with Crippen molar-refractivity contribution in [3.05, 3.63) is 6.92 Å². The van der Waals surface area contributed by atoms with E-state index in [1.807, 2.05) is 19.0 Å². The fourth-order valence-electron chi connectivity index (χ4n) is 0.342. The van der Waals surface area contributed by atoms with Gasteiger partial charge in [-0.3, -0.25) is 4.79 Å². The molecule has 0 atom stereocenters. The molecule has 0 aliphatic carbocycles. The highest BCUT2D eigenvalue weighted by Gasteiger charge is 1.92. The molecule has 3 heteroatoms. The number of carbonyl (C=O) groups excluding carboxylic acids is 1. The van der Waals surface area contributed by atoms with Crippen molar-refractivity contribution in [1.29, 1.82) is 0 Å². The molecule has 0 aliphatic rings.